The van der Waals surface area contributed by atoms with Crippen molar-refractivity contribution in [3.05, 3.63) is 0 Å². The summed E-state index contributed by atoms with van der Waals surface area (Å²) in [6.45, 7) is 7.77. The molecule has 1 fully saturated rings. The molecule has 12 heavy (non-hydrogen) atoms. The summed E-state index contributed by atoms with van der Waals surface area (Å²) in [6.07, 6.45) is 0. The monoisotopic (exact) mass is 166 g/mol. The number of carbonyl (C=O) groups excluding carboxylic acids is 1. The van der Waals surface area contributed by atoms with Crippen molar-refractivity contribution in [2.45, 2.75) is 19.9 Å². The summed E-state index contributed by atoms with van der Waals surface area (Å²) < 4.78 is 0. The quantitative estimate of drug-likeness (QED) is 0.523. The average molecular weight is 166 g/mol. The van der Waals surface area contributed by atoms with Gasteiger partial charge < -0.3 is 4.90 Å². The summed E-state index contributed by atoms with van der Waals surface area (Å²) in [5.41, 5.74) is 0. The van der Waals surface area contributed by atoms with Crippen molar-refractivity contribution in [2.24, 2.45) is 0 Å². The molecule has 0 unspecified atom stereocenters. The molecule has 1 heterocycles. The van der Waals surface area contributed by atoms with Crippen LogP contribution in [0.5, 0.6) is 0 Å². The van der Waals surface area contributed by atoms with Gasteiger partial charge in [0.2, 0.25) is 7.85 Å². The van der Waals surface area contributed by atoms with Crippen LogP contribution >= 0.6 is 0 Å². The minimum Gasteiger partial charge on any atom is -0.350 e. The molecule has 66 valence electrons. The van der Waals surface area contributed by atoms with Crippen LogP contribution in [0.1, 0.15) is 13.8 Å². The fourth-order valence-corrected chi connectivity index (χ4v) is 1.46. The summed E-state index contributed by atoms with van der Waals surface area (Å²) in [6, 6.07) is 0.569. The van der Waals surface area contributed by atoms with E-state index in [4.69, 9.17) is 7.85 Å². The Labute approximate surface area is 75.1 Å². The van der Waals surface area contributed by atoms with Gasteiger partial charge in [0.15, 0.2) is 5.81 Å². The van der Waals surface area contributed by atoms with Gasteiger partial charge >= 0.3 is 0 Å². The average Bonchev–Trinajstić information content (AvgIpc) is 2.04. The largest absolute Gasteiger partial charge is 0.350 e. The van der Waals surface area contributed by atoms with Crippen LogP contribution in [0.25, 0.3) is 0 Å². The summed E-state index contributed by atoms with van der Waals surface area (Å²) in [7, 11) is 5.16. The molecule has 1 rings (SSSR count). The number of carbonyl (C=O) groups is 1. The molecule has 0 aromatic heterocycles. The molecule has 0 aliphatic carbocycles. The van der Waals surface area contributed by atoms with Gasteiger partial charge in [0.1, 0.15) is 0 Å². The maximum atomic E-state index is 10.8. The SMILES string of the molecule is [B]C(=O)N1CCN(C(C)C)CC1. The molecule has 0 aromatic rings. The number of hydrogen-bond donors (Lipinski definition) is 0. The molecule has 1 saturated heterocycles. The van der Waals surface area contributed by atoms with Gasteiger partial charge in [-0.3, -0.25) is 9.69 Å². The zero-order chi connectivity index (χ0) is 9.14. The van der Waals surface area contributed by atoms with E-state index in [0.29, 0.717) is 6.04 Å². The van der Waals surface area contributed by atoms with Crippen LogP contribution in [0, 0.1) is 0 Å². The van der Waals surface area contributed by atoms with Crippen LogP contribution in [0.3, 0.4) is 0 Å². The second-order valence-electron chi connectivity index (χ2n) is 3.46. The molecule has 1 aliphatic heterocycles. The smallest absolute Gasteiger partial charge is 0.200 e. The molecule has 3 nitrogen and oxygen atoms in total. The Balaban J connectivity index is 2.34. The molecular weight excluding hydrogens is 151 g/mol. The summed E-state index contributed by atoms with van der Waals surface area (Å²) >= 11 is 0. The van der Waals surface area contributed by atoms with Gasteiger partial charge in [-0.15, -0.1) is 0 Å². The van der Waals surface area contributed by atoms with Crippen LogP contribution in [-0.4, -0.2) is 55.7 Å². The number of piperazine rings is 1. The van der Waals surface area contributed by atoms with Gasteiger partial charge in [0, 0.05) is 32.2 Å². The predicted molar refractivity (Wildman–Crippen MR) is 49.4 cm³/mol. The van der Waals surface area contributed by atoms with E-state index in [1.54, 1.807) is 4.90 Å². The molecule has 0 spiro atoms. The van der Waals surface area contributed by atoms with Crippen molar-refractivity contribution in [3.8, 4) is 0 Å². The molecule has 1 amide bonds. The highest BCUT2D eigenvalue weighted by Gasteiger charge is 2.19. The standard InChI is InChI=1S/C8H15BN2O/c1-7(2)10-3-5-11(6-4-10)8(9)12/h7H,3-6H2,1-2H3. The zero-order valence-corrected chi connectivity index (χ0v) is 7.79. The summed E-state index contributed by atoms with van der Waals surface area (Å²) in [4.78, 5) is 14.8. The lowest BCUT2D eigenvalue weighted by atomic mass is 10.1. The van der Waals surface area contributed by atoms with E-state index in [2.05, 4.69) is 18.7 Å². The molecule has 0 bridgehead atoms. The highest BCUT2D eigenvalue weighted by molar-refractivity contribution is 6.56. The van der Waals surface area contributed by atoms with Crippen LogP contribution < -0.4 is 0 Å². The molecule has 0 aromatic carbocycles. The summed E-state index contributed by atoms with van der Waals surface area (Å²) in [5.74, 6) is -0.293. The molecule has 0 saturated carbocycles. The van der Waals surface area contributed by atoms with Crippen LogP contribution in [0.2, 0.25) is 0 Å². The van der Waals surface area contributed by atoms with Crippen LogP contribution in [0.4, 0.5) is 4.79 Å². The van der Waals surface area contributed by atoms with E-state index in [1.165, 1.54) is 0 Å². The Morgan fingerprint density at radius 2 is 1.75 bits per heavy atom. The minimum absolute atomic E-state index is 0.293. The zero-order valence-electron chi connectivity index (χ0n) is 7.79. The molecular formula is C8H15BN2O. The van der Waals surface area contributed by atoms with E-state index in [1.807, 2.05) is 0 Å². The third-order valence-corrected chi connectivity index (χ3v) is 2.36. The number of nitrogens with zero attached hydrogens (tertiary/aromatic N) is 2. The molecule has 0 N–H and O–H groups in total. The summed E-state index contributed by atoms with van der Waals surface area (Å²) in [5, 5.41) is 0. The lowest BCUT2D eigenvalue weighted by Gasteiger charge is -2.36. The van der Waals surface area contributed by atoms with E-state index < -0.39 is 0 Å². The van der Waals surface area contributed by atoms with Gasteiger partial charge in [-0.05, 0) is 13.8 Å². The number of amides is 1. The molecule has 1 aliphatic rings. The molecule has 0 atom stereocenters. The Bertz CT molecular complexity index is 164. The van der Waals surface area contributed by atoms with Gasteiger partial charge in [0.25, 0.3) is 0 Å². The highest BCUT2D eigenvalue weighted by atomic mass is 16.1. The Kier molecular flexibility index (Phi) is 3.15. The van der Waals surface area contributed by atoms with Gasteiger partial charge in [-0.1, -0.05) is 0 Å². The normalized spacial score (nSPS) is 20.1. The maximum absolute atomic E-state index is 10.8. The van der Waals surface area contributed by atoms with Crippen molar-refractivity contribution < 1.29 is 4.79 Å². The van der Waals surface area contributed by atoms with Gasteiger partial charge in [-0.2, -0.15) is 0 Å². The van der Waals surface area contributed by atoms with Crippen LogP contribution in [-0.2, 0) is 0 Å². The van der Waals surface area contributed by atoms with E-state index in [0.717, 1.165) is 26.2 Å². The van der Waals surface area contributed by atoms with Crippen molar-refractivity contribution in [2.75, 3.05) is 26.2 Å². The minimum atomic E-state index is -0.293. The molecule has 4 heteroatoms. The molecule has 2 radical (unpaired) electrons. The highest BCUT2D eigenvalue weighted by Crippen LogP contribution is 2.05. The van der Waals surface area contributed by atoms with Crippen molar-refractivity contribution in [1.29, 1.82) is 0 Å². The first kappa shape index (κ1) is 9.58. The lowest BCUT2D eigenvalue weighted by Crippen LogP contribution is -2.50. The predicted octanol–water partition coefficient (Wildman–Crippen LogP) is 0.301. The Morgan fingerprint density at radius 3 is 2.08 bits per heavy atom. The van der Waals surface area contributed by atoms with Crippen molar-refractivity contribution in [1.82, 2.24) is 9.80 Å². The first-order valence-corrected chi connectivity index (χ1v) is 4.39. The lowest BCUT2D eigenvalue weighted by molar-refractivity contribution is 0.129. The van der Waals surface area contributed by atoms with Crippen molar-refractivity contribution in [3.63, 3.8) is 0 Å². The van der Waals surface area contributed by atoms with Crippen molar-refractivity contribution >= 4 is 13.7 Å². The third-order valence-electron chi connectivity index (χ3n) is 2.36. The van der Waals surface area contributed by atoms with E-state index in [9.17, 15) is 4.79 Å². The maximum Gasteiger partial charge on any atom is 0.200 e. The van der Waals surface area contributed by atoms with E-state index >= 15 is 0 Å². The number of hydrogen-bond acceptors (Lipinski definition) is 2. The fraction of sp³-hybridized carbons (Fsp3) is 0.875. The fourth-order valence-electron chi connectivity index (χ4n) is 1.46. The Hall–Kier alpha value is -0.505. The second-order valence-corrected chi connectivity index (χ2v) is 3.46. The third kappa shape index (κ3) is 2.24. The first-order valence-electron chi connectivity index (χ1n) is 4.39. The van der Waals surface area contributed by atoms with E-state index in [-0.39, 0.29) is 5.81 Å². The van der Waals surface area contributed by atoms with Gasteiger partial charge in [-0.25, -0.2) is 0 Å². The second kappa shape index (κ2) is 3.94. The Morgan fingerprint density at radius 1 is 1.25 bits per heavy atom. The van der Waals surface area contributed by atoms with Crippen LogP contribution in [0.15, 0.2) is 0 Å². The first-order chi connectivity index (χ1) is 5.61. The topological polar surface area (TPSA) is 23.6 Å². The van der Waals surface area contributed by atoms with Gasteiger partial charge in [0.05, 0.1) is 0 Å². The number of rotatable bonds is 1.